The second kappa shape index (κ2) is 5.98. The van der Waals surface area contributed by atoms with E-state index in [1.165, 1.54) is 11.3 Å². The summed E-state index contributed by atoms with van der Waals surface area (Å²) in [4.78, 5) is 15.7. The minimum absolute atomic E-state index is 0.357. The quantitative estimate of drug-likeness (QED) is 0.805. The molecule has 5 heteroatoms. The lowest BCUT2D eigenvalue weighted by atomic mass is 10.2. The molecule has 0 radical (unpaired) electrons. The number of benzene rings is 1. The molecule has 0 fully saturated rings. The summed E-state index contributed by atoms with van der Waals surface area (Å²) in [6, 6.07) is 7.61. The van der Waals surface area contributed by atoms with Crippen LogP contribution in [-0.2, 0) is 11.2 Å². The summed E-state index contributed by atoms with van der Waals surface area (Å²) < 4.78 is 4.89. The zero-order valence-corrected chi connectivity index (χ0v) is 11.4. The monoisotopic (exact) mass is 281 g/mol. The molecular weight excluding hydrogens is 270 g/mol. The summed E-state index contributed by atoms with van der Waals surface area (Å²) in [6.45, 7) is 2.13. The van der Waals surface area contributed by atoms with Crippen molar-refractivity contribution in [2.24, 2.45) is 0 Å². The van der Waals surface area contributed by atoms with Gasteiger partial charge in [0, 0.05) is 16.8 Å². The number of thiazole rings is 1. The van der Waals surface area contributed by atoms with Gasteiger partial charge in [-0.15, -0.1) is 11.3 Å². The minimum atomic E-state index is -0.376. The van der Waals surface area contributed by atoms with Crippen LogP contribution in [-0.4, -0.2) is 17.6 Å². The summed E-state index contributed by atoms with van der Waals surface area (Å²) in [6.07, 6.45) is 0.629. The lowest BCUT2D eigenvalue weighted by Crippen LogP contribution is -2.05. The molecule has 1 aromatic carbocycles. The largest absolute Gasteiger partial charge is 0.461 e. The molecule has 1 aromatic heterocycles. The van der Waals surface area contributed by atoms with Crippen molar-refractivity contribution in [1.29, 1.82) is 0 Å². The predicted molar refractivity (Wildman–Crippen MR) is 72.3 cm³/mol. The Bertz CT molecular complexity index is 553. The van der Waals surface area contributed by atoms with Crippen LogP contribution in [0.25, 0.3) is 0 Å². The fraction of sp³-hybridized carbons (Fsp3) is 0.231. The minimum Gasteiger partial charge on any atom is -0.461 e. The van der Waals surface area contributed by atoms with E-state index in [1.807, 2.05) is 24.3 Å². The molecule has 0 aliphatic rings. The second-order valence-corrected chi connectivity index (χ2v) is 4.96. The van der Waals surface area contributed by atoms with Crippen LogP contribution in [0.3, 0.4) is 0 Å². The Morgan fingerprint density at radius 2 is 2.22 bits per heavy atom. The van der Waals surface area contributed by atoms with Gasteiger partial charge in [-0.3, -0.25) is 0 Å². The van der Waals surface area contributed by atoms with Crippen molar-refractivity contribution < 1.29 is 9.53 Å². The van der Waals surface area contributed by atoms with Gasteiger partial charge in [0.15, 0.2) is 5.69 Å². The van der Waals surface area contributed by atoms with Crippen molar-refractivity contribution in [3.8, 4) is 0 Å². The first kappa shape index (κ1) is 13.1. The first-order valence-corrected chi connectivity index (χ1v) is 6.81. The molecule has 94 valence electrons. The summed E-state index contributed by atoms with van der Waals surface area (Å²) >= 11 is 7.52. The normalized spacial score (nSPS) is 10.3. The average Bonchev–Trinajstić information content (AvgIpc) is 2.81. The molecule has 3 nitrogen and oxygen atoms in total. The van der Waals surface area contributed by atoms with Crippen molar-refractivity contribution >= 4 is 28.9 Å². The highest BCUT2D eigenvalue weighted by Crippen LogP contribution is 2.21. The Balaban J connectivity index is 2.12. The van der Waals surface area contributed by atoms with Gasteiger partial charge < -0.3 is 4.74 Å². The van der Waals surface area contributed by atoms with Gasteiger partial charge in [0.05, 0.1) is 11.6 Å². The Morgan fingerprint density at radius 3 is 2.94 bits per heavy atom. The third kappa shape index (κ3) is 3.09. The van der Waals surface area contributed by atoms with Gasteiger partial charge in [-0.05, 0) is 18.6 Å². The summed E-state index contributed by atoms with van der Waals surface area (Å²) in [5.41, 5.74) is 1.37. The van der Waals surface area contributed by atoms with Crippen molar-refractivity contribution in [2.75, 3.05) is 6.61 Å². The molecule has 1 heterocycles. The molecule has 0 saturated carbocycles. The summed E-state index contributed by atoms with van der Waals surface area (Å²) in [5, 5.41) is 3.28. The van der Waals surface area contributed by atoms with Crippen LogP contribution in [0.1, 0.15) is 28.0 Å². The lowest BCUT2D eigenvalue weighted by Gasteiger charge is -2.00. The van der Waals surface area contributed by atoms with E-state index in [4.69, 9.17) is 16.3 Å². The van der Waals surface area contributed by atoms with Crippen LogP contribution in [0.2, 0.25) is 5.02 Å². The predicted octanol–water partition coefficient (Wildman–Crippen LogP) is 3.56. The number of carbonyl (C=O) groups is 1. The third-order valence-electron chi connectivity index (χ3n) is 2.34. The van der Waals surface area contributed by atoms with E-state index in [0.717, 1.165) is 10.6 Å². The first-order chi connectivity index (χ1) is 8.70. The van der Waals surface area contributed by atoms with Crippen LogP contribution >= 0.6 is 22.9 Å². The Hall–Kier alpha value is -1.39. The van der Waals surface area contributed by atoms with Crippen LogP contribution in [0.4, 0.5) is 0 Å². The highest BCUT2D eigenvalue weighted by Gasteiger charge is 2.12. The Labute approximate surface area is 114 Å². The Morgan fingerprint density at radius 1 is 1.44 bits per heavy atom. The highest BCUT2D eigenvalue weighted by molar-refractivity contribution is 7.09. The molecule has 0 aliphatic heterocycles. The van der Waals surface area contributed by atoms with E-state index >= 15 is 0 Å². The number of halogens is 1. The topological polar surface area (TPSA) is 39.2 Å². The second-order valence-electron chi connectivity index (χ2n) is 3.62. The van der Waals surface area contributed by atoms with Gasteiger partial charge in [-0.1, -0.05) is 29.8 Å². The Kier molecular flexibility index (Phi) is 4.33. The number of hydrogen-bond donors (Lipinski definition) is 0. The fourth-order valence-electron chi connectivity index (χ4n) is 1.50. The molecule has 0 atom stereocenters. The summed E-state index contributed by atoms with van der Waals surface area (Å²) in [7, 11) is 0. The van der Waals surface area contributed by atoms with Crippen LogP contribution in [0.5, 0.6) is 0 Å². The van der Waals surface area contributed by atoms with E-state index in [2.05, 4.69) is 4.98 Å². The van der Waals surface area contributed by atoms with E-state index in [9.17, 15) is 4.79 Å². The smallest absolute Gasteiger partial charge is 0.357 e. The van der Waals surface area contributed by atoms with Crippen molar-refractivity contribution in [3.05, 3.63) is 50.9 Å². The van der Waals surface area contributed by atoms with Gasteiger partial charge in [0.1, 0.15) is 0 Å². The zero-order chi connectivity index (χ0) is 13.0. The van der Waals surface area contributed by atoms with E-state index in [-0.39, 0.29) is 5.97 Å². The number of esters is 1. The van der Waals surface area contributed by atoms with E-state index < -0.39 is 0 Å². The number of hydrogen-bond acceptors (Lipinski definition) is 4. The molecule has 2 rings (SSSR count). The molecule has 0 saturated heterocycles. The SMILES string of the molecule is CCOC(=O)c1csc(Cc2ccccc2Cl)n1. The molecule has 0 unspecified atom stereocenters. The molecule has 0 N–H and O–H groups in total. The molecular formula is C13H12ClNO2S. The number of rotatable bonds is 4. The highest BCUT2D eigenvalue weighted by atomic mass is 35.5. The van der Waals surface area contributed by atoms with Gasteiger partial charge >= 0.3 is 5.97 Å². The summed E-state index contributed by atoms with van der Waals surface area (Å²) in [5.74, 6) is -0.376. The van der Waals surface area contributed by atoms with Crippen molar-refractivity contribution in [1.82, 2.24) is 4.98 Å². The first-order valence-electron chi connectivity index (χ1n) is 5.55. The van der Waals surface area contributed by atoms with Crippen LogP contribution in [0, 0.1) is 0 Å². The van der Waals surface area contributed by atoms with Gasteiger partial charge in [-0.25, -0.2) is 9.78 Å². The van der Waals surface area contributed by atoms with Crippen molar-refractivity contribution in [2.45, 2.75) is 13.3 Å². The van der Waals surface area contributed by atoms with E-state index in [1.54, 1.807) is 12.3 Å². The third-order valence-corrected chi connectivity index (χ3v) is 3.55. The molecule has 18 heavy (non-hydrogen) atoms. The van der Waals surface area contributed by atoms with Crippen molar-refractivity contribution in [3.63, 3.8) is 0 Å². The lowest BCUT2D eigenvalue weighted by molar-refractivity contribution is 0.0520. The van der Waals surface area contributed by atoms with E-state index in [0.29, 0.717) is 23.7 Å². The average molecular weight is 282 g/mol. The number of nitrogens with zero attached hydrogens (tertiary/aromatic N) is 1. The number of aromatic nitrogens is 1. The maximum atomic E-state index is 11.5. The maximum absolute atomic E-state index is 11.5. The zero-order valence-electron chi connectivity index (χ0n) is 9.85. The van der Waals surface area contributed by atoms with Gasteiger partial charge in [0.25, 0.3) is 0 Å². The molecule has 0 bridgehead atoms. The van der Waals surface area contributed by atoms with Crippen LogP contribution < -0.4 is 0 Å². The number of ether oxygens (including phenoxy) is 1. The van der Waals surface area contributed by atoms with Gasteiger partial charge in [0.2, 0.25) is 0 Å². The maximum Gasteiger partial charge on any atom is 0.357 e. The molecule has 0 amide bonds. The fourth-order valence-corrected chi connectivity index (χ4v) is 2.48. The van der Waals surface area contributed by atoms with Crippen LogP contribution in [0.15, 0.2) is 29.6 Å². The number of carbonyl (C=O) groups excluding carboxylic acids is 1. The molecule has 2 aromatic rings. The molecule has 0 aliphatic carbocycles. The van der Waals surface area contributed by atoms with Gasteiger partial charge in [-0.2, -0.15) is 0 Å². The standard InChI is InChI=1S/C13H12ClNO2S/c1-2-17-13(16)11-8-18-12(15-11)7-9-5-3-4-6-10(9)14/h3-6,8H,2,7H2,1H3. The molecule has 0 spiro atoms.